The zero-order valence-corrected chi connectivity index (χ0v) is 14.4. The Kier molecular flexibility index (Phi) is 6.29. The van der Waals surface area contributed by atoms with Crippen molar-refractivity contribution < 1.29 is 0 Å². The molecule has 118 valence electrons. The van der Waals surface area contributed by atoms with Gasteiger partial charge in [-0.1, -0.05) is 57.9 Å². The van der Waals surface area contributed by atoms with Gasteiger partial charge < -0.3 is 5.32 Å². The summed E-state index contributed by atoms with van der Waals surface area (Å²) >= 11 is 0. The van der Waals surface area contributed by atoms with Crippen molar-refractivity contribution in [2.75, 3.05) is 0 Å². The molecule has 0 bridgehead atoms. The van der Waals surface area contributed by atoms with E-state index in [1.165, 1.54) is 49.7 Å². The van der Waals surface area contributed by atoms with Gasteiger partial charge in [0, 0.05) is 12.1 Å². The van der Waals surface area contributed by atoms with E-state index in [9.17, 15) is 0 Å². The van der Waals surface area contributed by atoms with E-state index in [1.54, 1.807) is 0 Å². The highest BCUT2D eigenvalue weighted by Gasteiger charge is 2.32. The van der Waals surface area contributed by atoms with E-state index in [2.05, 4.69) is 57.3 Å². The van der Waals surface area contributed by atoms with Gasteiger partial charge in [0.05, 0.1) is 0 Å². The Morgan fingerprint density at radius 1 is 1.14 bits per heavy atom. The van der Waals surface area contributed by atoms with E-state index in [1.807, 2.05) is 0 Å². The molecule has 21 heavy (non-hydrogen) atoms. The molecule has 0 aromatic heterocycles. The van der Waals surface area contributed by atoms with Gasteiger partial charge in [-0.15, -0.1) is 0 Å². The summed E-state index contributed by atoms with van der Waals surface area (Å²) in [5.74, 6) is 1.74. The van der Waals surface area contributed by atoms with Crippen molar-refractivity contribution in [1.29, 1.82) is 0 Å². The number of aryl methyl sites for hydroxylation is 1. The predicted molar refractivity (Wildman–Crippen MR) is 92.6 cm³/mol. The molecule has 0 amide bonds. The highest BCUT2D eigenvalue weighted by atomic mass is 15.0. The molecule has 0 saturated heterocycles. The van der Waals surface area contributed by atoms with Crippen LogP contribution in [0, 0.1) is 11.8 Å². The van der Waals surface area contributed by atoms with Crippen LogP contribution in [0.1, 0.15) is 77.0 Å². The van der Waals surface area contributed by atoms with Gasteiger partial charge in [0.2, 0.25) is 0 Å². The first-order chi connectivity index (χ1) is 10.2. The first-order valence-corrected chi connectivity index (χ1v) is 9.00. The largest absolute Gasteiger partial charge is 0.307 e. The fourth-order valence-electron chi connectivity index (χ4n) is 3.83. The minimum Gasteiger partial charge on any atom is -0.307 e. The van der Waals surface area contributed by atoms with Crippen LogP contribution in [-0.4, -0.2) is 6.04 Å². The molecule has 1 saturated carbocycles. The summed E-state index contributed by atoms with van der Waals surface area (Å²) in [5, 5.41) is 3.87. The lowest BCUT2D eigenvalue weighted by Crippen LogP contribution is -2.34. The fraction of sp³-hybridized carbons (Fsp3) is 0.700. The van der Waals surface area contributed by atoms with Crippen LogP contribution in [0.25, 0.3) is 0 Å². The van der Waals surface area contributed by atoms with Crippen LogP contribution in [0.3, 0.4) is 0 Å². The van der Waals surface area contributed by atoms with Crippen LogP contribution < -0.4 is 5.32 Å². The Hall–Kier alpha value is -0.820. The summed E-state index contributed by atoms with van der Waals surface area (Å²) in [6.07, 6.45) is 7.87. The van der Waals surface area contributed by atoms with E-state index in [0.717, 1.165) is 11.8 Å². The molecule has 1 N–H and O–H groups in total. The molecule has 4 unspecified atom stereocenters. The molecule has 4 atom stereocenters. The number of rotatable bonds is 7. The van der Waals surface area contributed by atoms with E-state index in [4.69, 9.17) is 0 Å². The minimum absolute atomic E-state index is 0.466. The molecule has 0 spiro atoms. The third-order valence-corrected chi connectivity index (χ3v) is 5.51. The molecule has 0 radical (unpaired) electrons. The molecule has 1 aliphatic carbocycles. The highest BCUT2D eigenvalue weighted by Crippen LogP contribution is 2.35. The van der Waals surface area contributed by atoms with Crippen molar-refractivity contribution in [3.8, 4) is 0 Å². The topological polar surface area (TPSA) is 12.0 Å². The standard InChI is InChI=1S/C20H33N/c1-5-7-8-17-9-11-19(12-10-17)16(4)21-20-14-13-18(6-2)15(20)3/h9-12,15-16,18,20-21H,5-8,13-14H2,1-4H3. The summed E-state index contributed by atoms with van der Waals surface area (Å²) < 4.78 is 0. The quantitative estimate of drug-likeness (QED) is 0.697. The van der Waals surface area contributed by atoms with Gasteiger partial charge in [-0.05, 0) is 55.6 Å². The van der Waals surface area contributed by atoms with Gasteiger partial charge >= 0.3 is 0 Å². The molecule has 1 aliphatic rings. The van der Waals surface area contributed by atoms with Gasteiger partial charge in [0.1, 0.15) is 0 Å². The van der Waals surface area contributed by atoms with Crippen LogP contribution in [0.5, 0.6) is 0 Å². The van der Waals surface area contributed by atoms with Crippen molar-refractivity contribution in [3.63, 3.8) is 0 Å². The Morgan fingerprint density at radius 2 is 1.86 bits per heavy atom. The first kappa shape index (κ1) is 16.5. The summed E-state index contributed by atoms with van der Waals surface area (Å²) in [5.41, 5.74) is 2.91. The van der Waals surface area contributed by atoms with Crippen LogP contribution in [-0.2, 0) is 6.42 Å². The lowest BCUT2D eigenvalue weighted by atomic mass is 9.93. The molecule has 2 rings (SSSR count). The van der Waals surface area contributed by atoms with Gasteiger partial charge in [-0.2, -0.15) is 0 Å². The van der Waals surface area contributed by atoms with Crippen LogP contribution >= 0.6 is 0 Å². The third kappa shape index (κ3) is 4.32. The zero-order chi connectivity index (χ0) is 15.2. The average molecular weight is 287 g/mol. The van der Waals surface area contributed by atoms with Crippen molar-refractivity contribution in [2.45, 2.75) is 78.3 Å². The highest BCUT2D eigenvalue weighted by molar-refractivity contribution is 5.25. The smallest absolute Gasteiger partial charge is 0.0294 e. The summed E-state index contributed by atoms with van der Waals surface area (Å²) in [6.45, 7) is 9.33. The number of hydrogen-bond acceptors (Lipinski definition) is 1. The number of hydrogen-bond donors (Lipinski definition) is 1. The monoisotopic (exact) mass is 287 g/mol. The second-order valence-electron chi connectivity index (χ2n) is 6.94. The molecule has 1 nitrogen and oxygen atoms in total. The van der Waals surface area contributed by atoms with Crippen molar-refractivity contribution in [2.24, 2.45) is 11.8 Å². The first-order valence-electron chi connectivity index (χ1n) is 9.00. The third-order valence-electron chi connectivity index (χ3n) is 5.51. The number of benzene rings is 1. The molecular weight excluding hydrogens is 254 g/mol. The maximum absolute atomic E-state index is 3.87. The predicted octanol–water partition coefficient (Wildman–Crippen LogP) is 5.50. The molecule has 0 aliphatic heterocycles. The number of unbranched alkanes of at least 4 members (excludes halogenated alkanes) is 1. The molecular formula is C20H33N. The lowest BCUT2D eigenvalue weighted by Gasteiger charge is -2.25. The van der Waals surface area contributed by atoms with Crippen molar-refractivity contribution in [1.82, 2.24) is 5.32 Å². The molecule has 1 fully saturated rings. The van der Waals surface area contributed by atoms with Crippen LogP contribution in [0.2, 0.25) is 0 Å². The fourth-order valence-corrected chi connectivity index (χ4v) is 3.83. The Bertz CT molecular complexity index is 408. The maximum Gasteiger partial charge on any atom is 0.0294 e. The second kappa shape index (κ2) is 7.98. The molecule has 1 aromatic rings. The van der Waals surface area contributed by atoms with E-state index in [0.29, 0.717) is 12.1 Å². The van der Waals surface area contributed by atoms with Crippen molar-refractivity contribution >= 4 is 0 Å². The maximum atomic E-state index is 3.87. The molecule has 1 aromatic carbocycles. The van der Waals surface area contributed by atoms with E-state index < -0.39 is 0 Å². The van der Waals surface area contributed by atoms with E-state index >= 15 is 0 Å². The van der Waals surface area contributed by atoms with Gasteiger partial charge in [0.25, 0.3) is 0 Å². The lowest BCUT2D eigenvalue weighted by molar-refractivity contribution is 0.327. The second-order valence-corrected chi connectivity index (χ2v) is 6.94. The van der Waals surface area contributed by atoms with Crippen LogP contribution in [0.4, 0.5) is 0 Å². The summed E-state index contributed by atoms with van der Waals surface area (Å²) in [4.78, 5) is 0. The van der Waals surface area contributed by atoms with Gasteiger partial charge in [-0.3, -0.25) is 0 Å². The summed E-state index contributed by atoms with van der Waals surface area (Å²) in [7, 11) is 0. The molecule has 1 heteroatoms. The Morgan fingerprint density at radius 3 is 2.43 bits per heavy atom. The van der Waals surface area contributed by atoms with Crippen LogP contribution in [0.15, 0.2) is 24.3 Å². The Balaban J connectivity index is 1.89. The van der Waals surface area contributed by atoms with E-state index in [-0.39, 0.29) is 0 Å². The van der Waals surface area contributed by atoms with Crippen molar-refractivity contribution in [3.05, 3.63) is 35.4 Å². The van der Waals surface area contributed by atoms with Gasteiger partial charge in [-0.25, -0.2) is 0 Å². The van der Waals surface area contributed by atoms with Gasteiger partial charge in [0.15, 0.2) is 0 Å². The minimum atomic E-state index is 0.466. The normalized spacial score (nSPS) is 27.0. The average Bonchev–Trinajstić information content (AvgIpc) is 2.86. The number of nitrogens with one attached hydrogen (secondary N) is 1. The molecule has 0 heterocycles. The Labute approximate surface area is 131 Å². The SMILES string of the molecule is CCCCc1ccc(C(C)NC2CCC(CC)C2C)cc1. The zero-order valence-electron chi connectivity index (χ0n) is 14.4. The summed E-state index contributed by atoms with van der Waals surface area (Å²) in [6, 6.07) is 10.4.